The lowest BCUT2D eigenvalue weighted by atomic mass is 9.95. The van der Waals surface area contributed by atoms with Gasteiger partial charge < -0.3 is 10.4 Å². The van der Waals surface area contributed by atoms with Crippen molar-refractivity contribution in [2.75, 3.05) is 6.54 Å². The Hall–Kier alpha value is -1.57. The van der Waals surface area contributed by atoms with E-state index < -0.39 is 11.9 Å². The molecule has 1 rings (SSSR count). The van der Waals surface area contributed by atoms with E-state index in [2.05, 4.69) is 5.32 Å². The van der Waals surface area contributed by atoms with Crippen molar-refractivity contribution in [2.24, 2.45) is 11.8 Å². The molecule has 2 N–H and O–H groups in total. The lowest BCUT2D eigenvalue weighted by Gasteiger charge is -2.15. The molecule has 1 amide bonds. The van der Waals surface area contributed by atoms with Crippen LogP contribution in [0.3, 0.4) is 0 Å². The van der Waals surface area contributed by atoms with Crippen LogP contribution in [0.2, 0.25) is 0 Å². The largest absolute Gasteiger partial charge is 0.481 e. The van der Waals surface area contributed by atoms with Gasteiger partial charge in [-0.25, -0.2) is 0 Å². The molecule has 2 unspecified atom stereocenters. The second-order valence-corrected chi connectivity index (χ2v) is 4.39. The van der Waals surface area contributed by atoms with Crippen molar-refractivity contribution in [2.45, 2.75) is 38.5 Å². The van der Waals surface area contributed by atoms with E-state index in [1.165, 1.54) is 0 Å². The molecule has 0 heterocycles. The molecule has 1 aliphatic rings. The summed E-state index contributed by atoms with van der Waals surface area (Å²) in [6, 6.07) is 2.04. The van der Waals surface area contributed by atoms with Gasteiger partial charge in [0.05, 0.1) is 17.9 Å². The highest BCUT2D eigenvalue weighted by molar-refractivity contribution is 5.85. The number of amides is 1. The van der Waals surface area contributed by atoms with Crippen molar-refractivity contribution >= 4 is 11.9 Å². The zero-order valence-corrected chi connectivity index (χ0v) is 9.82. The number of nitrogens with one attached hydrogen (secondary N) is 1. The number of unbranched alkanes of at least 4 members (excludes halogenated alkanes) is 2. The van der Waals surface area contributed by atoms with E-state index >= 15 is 0 Å². The molecule has 0 radical (unpaired) electrons. The number of carbonyl (C=O) groups is 2. The van der Waals surface area contributed by atoms with Crippen LogP contribution >= 0.6 is 0 Å². The zero-order chi connectivity index (χ0) is 12.7. The fourth-order valence-corrected chi connectivity index (χ4v) is 2.24. The lowest BCUT2D eigenvalue weighted by Crippen LogP contribution is -2.35. The molecule has 0 aromatic heterocycles. The fraction of sp³-hybridized carbons (Fsp3) is 0.750. The number of carboxylic acids is 1. The average Bonchev–Trinajstić information content (AvgIpc) is 2.77. The van der Waals surface area contributed by atoms with E-state index in [0.717, 1.165) is 19.3 Å². The van der Waals surface area contributed by atoms with E-state index in [9.17, 15) is 9.59 Å². The molecule has 1 aliphatic carbocycles. The fourth-order valence-electron chi connectivity index (χ4n) is 2.24. The van der Waals surface area contributed by atoms with Crippen LogP contribution in [0.15, 0.2) is 0 Å². The number of rotatable bonds is 6. The molecular weight excluding hydrogens is 220 g/mol. The van der Waals surface area contributed by atoms with Gasteiger partial charge in [0.15, 0.2) is 0 Å². The molecule has 0 aromatic rings. The molecule has 94 valence electrons. The van der Waals surface area contributed by atoms with Crippen molar-refractivity contribution in [1.29, 1.82) is 5.26 Å². The molecule has 0 saturated heterocycles. The van der Waals surface area contributed by atoms with Gasteiger partial charge in [-0.1, -0.05) is 6.42 Å². The summed E-state index contributed by atoms with van der Waals surface area (Å²) in [4.78, 5) is 22.7. The Kier molecular flexibility index (Phi) is 5.47. The van der Waals surface area contributed by atoms with Crippen LogP contribution in [0.25, 0.3) is 0 Å². The number of nitrogens with zero attached hydrogens (tertiary/aromatic N) is 1. The van der Waals surface area contributed by atoms with E-state index in [0.29, 0.717) is 25.8 Å². The summed E-state index contributed by atoms with van der Waals surface area (Å²) in [6.07, 6.45) is 4.11. The van der Waals surface area contributed by atoms with Crippen molar-refractivity contribution in [3.05, 3.63) is 0 Å². The molecule has 17 heavy (non-hydrogen) atoms. The molecule has 0 bridgehead atoms. The van der Waals surface area contributed by atoms with Crippen LogP contribution in [0.5, 0.6) is 0 Å². The third-order valence-electron chi connectivity index (χ3n) is 3.18. The summed E-state index contributed by atoms with van der Waals surface area (Å²) in [6.45, 7) is 0.531. The second-order valence-electron chi connectivity index (χ2n) is 4.39. The Morgan fingerprint density at radius 1 is 1.29 bits per heavy atom. The minimum absolute atomic E-state index is 0.146. The highest BCUT2D eigenvalue weighted by Gasteiger charge is 2.37. The average molecular weight is 238 g/mol. The first-order valence-electron chi connectivity index (χ1n) is 6.04. The van der Waals surface area contributed by atoms with Gasteiger partial charge in [0, 0.05) is 13.0 Å². The maximum atomic E-state index is 11.8. The topological polar surface area (TPSA) is 90.2 Å². The summed E-state index contributed by atoms with van der Waals surface area (Å²) in [5, 5.41) is 20.1. The van der Waals surface area contributed by atoms with Crippen LogP contribution < -0.4 is 5.32 Å². The number of carbonyl (C=O) groups excluding carboxylic acids is 1. The smallest absolute Gasteiger partial charge is 0.307 e. The summed E-state index contributed by atoms with van der Waals surface area (Å²) < 4.78 is 0. The van der Waals surface area contributed by atoms with Gasteiger partial charge >= 0.3 is 5.97 Å². The Morgan fingerprint density at radius 2 is 2.00 bits per heavy atom. The lowest BCUT2D eigenvalue weighted by molar-refractivity contribution is -0.146. The minimum atomic E-state index is -0.868. The normalized spacial score (nSPS) is 23.0. The van der Waals surface area contributed by atoms with Crippen LogP contribution in [0, 0.1) is 23.2 Å². The molecule has 5 heteroatoms. The molecule has 0 aromatic carbocycles. The van der Waals surface area contributed by atoms with E-state index in [1.807, 2.05) is 6.07 Å². The number of aliphatic carboxylic acids is 1. The zero-order valence-electron chi connectivity index (χ0n) is 9.82. The Labute approximate surface area is 101 Å². The standard InChI is InChI=1S/C12H18N2O3/c13-7-2-1-3-8-14-11(15)9-5-4-6-10(9)12(16)17/h9-10H,1-6,8H2,(H,14,15)(H,16,17). The van der Waals surface area contributed by atoms with E-state index in [-0.39, 0.29) is 11.8 Å². The highest BCUT2D eigenvalue weighted by atomic mass is 16.4. The first-order chi connectivity index (χ1) is 8.16. The van der Waals surface area contributed by atoms with Crippen LogP contribution in [0.1, 0.15) is 38.5 Å². The summed E-state index contributed by atoms with van der Waals surface area (Å²) in [5.41, 5.74) is 0. The van der Waals surface area contributed by atoms with Crippen molar-refractivity contribution in [3.8, 4) is 6.07 Å². The second kappa shape index (κ2) is 6.89. The first kappa shape index (κ1) is 13.5. The van der Waals surface area contributed by atoms with Crippen molar-refractivity contribution < 1.29 is 14.7 Å². The Balaban J connectivity index is 2.27. The van der Waals surface area contributed by atoms with Gasteiger partial charge in [-0.2, -0.15) is 5.26 Å². The quantitative estimate of drug-likeness (QED) is 0.682. The van der Waals surface area contributed by atoms with Crippen LogP contribution in [-0.4, -0.2) is 23.5 Å². The minimum Gasteiger partial charge on any atom is -0.481 e. The maximum absolute atomic E-state index is 11.8. The molecule has 0 aliphatic heterocycles. The van der Waals surface area contributed by atoms with Crippen LogP contribution in [-0.2, 0) is 9.59 Å². The highest BCUT2D eigenvalue weighted by Crippen LogP contribution is 2.31. The predicted octanol–water partition coefficient (Wildman–Crippen LogP) is 1.30. The molecule has 1 fully saturated rings. The van der Waals surface area contributed by atoms with E-state index in [4.69, 9.17) is 10.4 Å². The van der Waals surface area contributed by atoms with Gasteiger partial charge in [-0.3, -0.25) is 9.59 Å². The SMILES string of the molecule is N#CCCCCNC(=O)C1CCCC1C(=O)O. The molecule has 5 nitrogen and oxygen atoms in total. The van der Waals surface area contributed by atoms with E-state index in [1.54, 1.807) is 0 Å². The third-order valence-corrected chi connectivity index (χ3v) is 3.18. The first-order valence-corrected chi connectivity index (χ1v) is 6.04. The van der Waals surface area contributed by atoms with Gasteiger partial charge in [0.25, 0.3) is 0 Å². The summed E-state index contributed by atoms with van der Waals surface area (Å²) in [5.74, 6) is -1.91. The molecule has 1 saturated carbocycles. The van der Waals surface area contributed by atoms with Gasteiger partial charge in [-0.05, 0) is 25.7 Å². The van der Waals surface area contributed by atoms with Crippen LogP contribution in [0.4, 0.5) is 0 Å². The van der Waals surface area contributed by atoms with Gasteiger partial charge in [0.1, 0.15) is 0 Å². The van der Waals surface area contributed by atoms with Gasteiger partial charge in [-0.15, -0.1) is 0 Å². The number of nitriles is 1. The third kappa shape index (κ3) is 4.06. The molecule has 0 spiro atoms. The maximum Gasteiger partial charge on any atom is 0.307 e. The number of hydrogen-bond donors (Lipinski definition) is 2. The van der Waals surface area contributed by atoms with Gasteiger partial charge in [0.2, 0.25) is 5.91 Å². The Bertz CT molecular complexity index is 322. The predicted molar refractivity (Wildman–Crippen MR) is 60.9 cm³/mol. The Morgan fingerprint density at radius 3 is 2.65 bits per heavy atom. The molecule has 2 atom stereocenters. The van der Waals surface area contributed by atoms with Crippen molar-refractivity contribution in [3.63, 3.8) is 0 Å². The summed E-state index contributed by atoms with van der Waals surface area (Å²) >= 11 is 0. The number of carboxylic acid groups (broad SMARTS) is 1. The number of hydrogen-bond acceptors (Lipinski definition) is 3. The van der Waals surface area contributed by atoms with Crippen molar-refractivity contribution in [1.82, 2.24) is 5.32 Å². The summed E-state index contributed by atoms with van der Waals surface area (Å²) in [7, 11) is 0. The molecular formula is C12H18N2O3. The monoisotopic (exact) mass is 238 g/mol.